The van der Waals surface area contributed by atoms with E-state index in [1.54, 1.807) is 6.08 Å². The van der Waals surface area contributed by atoms with Crippen molar-refractivity contribution in [3.05, 3.63) is 12.7 Å². The van der Waals surface area contributed by atoms with Crippen molar-refractivity contribution in [1.29, 1.82) is 0 Å². The van der Waals surface area contributed by atoms with E-state index in [1.807, 2.05) is 6.92 Å². The standard InChI is InChI=1S/C12H21NO4/c1-4-6-13(11(3)14)10-12(15)17-9-8-16-7-5-2/h4H,1,5-10H2,2-3H3. The van der Waals surface area contributed by atoms with Crippen LogP contribution in [-0.2, 0) is 19.1 Å². The zero-order chi connectivity index (χ0) is 13.1. The highest BCUT2D eigenvalue weighted by Crippen LogP contribution is 1.92. The molecule has 0 saturated carbocycles. The molecule has 98 valence electrons. The summed E-state index contributed by atoms with van der Waals surface area (Å²) in [4.78, 5) is 23.9. The molecule has 0 unspecified atom stereocenters. The van der Waals surface area contributed by atoms with Gasteiger partial charge in [-0.25, -0.2) is 0 Å². The third kappa shape index (κ3) is 8.45. The van der Waals surface area contributed by atoms with Crippen molar-refractivity contribution in [1.82, 2.24) is 4.90 Å². The van der Waals surface area contributed by atoms with Crippen LogP contribution in [0, 0.1) is 0 Å². The lowest BCUT2D eigenvalue weighted by Gasteiger charge is -2.17. The van der Waals surface area contributed by atoms with Crippen molar-refractivity contribution >= 4 is 11.9 Å². The van der Waals surface area contributed by atoms with E-state index in [4.69, 9.17) is 9.47 Å². The number of nitrogens with zero attached hydrogens (tertiary/aromatic N) is 1. The number of amides is 1. The average molecular weight is 243 g/mol. The van der Waals surface area contributed by atoms with Crippen molar-refractivity contribution in [2.24, 2.45) is 0 Å². The Hall–Kier alpha value is -1.36. The molecule has 0 saturated heterocycles. The van der Waals surface area contributed by atoms with Gasteiger partial charge in [-0.3, -0.25) is 9.59 Å². The fraction of sp³-hybridized carbons (Fsp3) is 0.667. The first-order chi connectivity index (χ1) is 8.11. The van der Waals surface area contributed by atoms with Gasteiger partial charge in [0.25, 0.3) is 0 Å². The summed E-state index contributed by atoms with van der Waals surface area (Å²) in [7, 11) is 0. The molecule has 0 radical (unpaired) electrons. The van der Waals surface area contributed by atoms with Gasteiger partial charge >= 0.3 is 5.97 Å². The van der Waals surface area contributed by atoms with Crippen molar-refractivity contribution in [3.63, 3.8) is 0 Å². The monoisotopic (exact) mass is 243 g/mol. The van der Waals surface area contributed by atoms with E-state index in [1.165, 1.54) is 11.8 Å². The van der Waals surface area contributed by atoms with Gasteiger partial charge in [-0.05, 0) is 6.42 Å². The fourth-order valence-electron chi connectivity index (χ4n) is 1.12. The molecule has 0 aliphatic heterocycles. The predicted molar refractivity (Wildman–Crippen MR) is 64.5 cm³/mol. The zero-order valence-corrected chi connectivity index (χ0v) is 10.6. The van der Waals surface area contributed by atoms with Gasteiger partial charge in [0.2, 0.25) is 5.91 Å². The summed E-state index contributed by atoms with van der Waals surface area (Å²) in [5, 5.41) is 0. The SMILES string of the molecule is C=CCN(CC(=O)OCCOCCC)C(C)=O. The summed E-state index contributed by atoms with van der Waals surface area (Å²) in [5.74, 6) is -0.605. The van der Waals surface area contributed by atoms with E-state index in [0.29, 0.717) is 19.8 Å². The molecule has 0 spiro atoms. The maximum atomic E-state index is 11.4. The van der Waals surface area contributed by atoms with Gasteiger partial charge in [0.15, 0.2) is 0 Å². The Morgan fingerprint density at radius 3 is 2.53 bits per heavy atom. The van der Waals surface area contributed by atoms with E-state index in [-0.39, 0.29) is 19.1 Å². The van der Waals surface area contributed by atoms with Crippen molar-refractivity contribution in [2.45, 2.75) is 20.3 Å². The molecule has 0 rings (SSSR count). The molecule has 5 heteroatoms. The summed E-state index contributed by atoms with van der Waals surface area (Å²) in [6.07, 6.45) is 2.50. The molecule has 1 amide bonds. The van der Waals surface area contributed by atoms with E-state index in [0.717, 1.165) is 6.42 Å². The van der Waals surface area contributed by atoms with E-state index in [9.17, 15) is 9.59 Å². The number of carbonyl (C=O) groups excluding carboxylic acids is 2. The molecule has 0 aliphatic carbocycles. The van der Waals surface area contributed by atoms with Crippen molar-refractivity contribution in [2.75, 3.05) is 32.9 Å². The summed E-state index contributed by atoms with van der Waals surface area (Å²) in [5.41, 5.74) is 0. The van der Waals surface area contributed by atoms with Gasteiger partial charge in [0.1, 0.15) is 13.2 Å². The molecule has 0 atom stereocenters. The molecule has 0 bridgehead atoms. The van der Waals surface area contributed by atoms with Crippen LogP contribution in [0.15, 0.2) is 12.7 Å². The second kappa shape index (κ2) is 9.84. The van der Waals surface area contributed by atoms with Crippen LogP contribution in [0.1, 0.15) is 20.3 Å². The summed E-state index contributed by atoms with van der Waals surface area (Å²) >= 11 is 0. The number of ether oxygens (including phenoxy) is 2. The Morgan fingerprint density at radius 1 is 1.29 bits per heavy atom. The molecule has 0 aromatic heterocycles. The molecule has 0 aromatic rings. The van der Waals surface area contributed by atoms with Crippen LogP contribution in [0.3, 0.4) is 0 Å². The third-order valence-corrected chi connectivity index (χ3v) is 1.95. The quantitative estimate of drug-likeness (QED) is 0.344. The second-order valence-electron chi connectivity index (χ2n) is 3.52. The van der Waals surface area contributed by atoms with Crippen LogP contribution in [0.25, 0.3) is 0 Å². The minimum atomic E-state index is -0.429. The lowest BCUT2D eigenvalue weighted by molar-refractivity contribution is -0.149. The molecule has 0 aliphatic rings. The summed E-state index contributed by atoms with van der Waals surface area (Å²) < 4.78 is 10.1. The highest BCUT2D eigenvalue weighted by molar-refractivity contribution is 5.80. The lowest BCUT2D eigenvalue weighted by Crippen LogP contribution is -2.35. The van der Waals surface area contributed by atoms with Gasteiger partial charge in [0, 0.05) is 20.1 Å². The molecule has 0 N–H and O–H groups in total. The lowest BCUT2D eigenvalue weighted by atomic mass is 10.4. The molecule has 17 heavy (non-hydrogen) atoms. The highest BCUT2D eigenvalue weighted by atomic mass is 16.6. The Bertz CT molecular complexity index is 253. The molecule has 0 aromatic carbocycles. The number of hydrogen-bond acceptors (Lipinski definition) is 4. The largest absolute Gasteiger partial charge is 0.462 e. The van der Waals surface area contributed by atoms with Crippen molar-refractivity contribution in [3.8, 4) is 0 Å². The maximum Gasteiger partial charge on any atom is 0.325 e. The van der Waals surface area contributed by atoms with Gasteiger partial charge < -0.3 is 14.4 Å². The van der Waals surface area contributed by atoms with E-state index in [2.05, 4.69) is 6.58 Å². The average Bonchev–Trinajstić information content (AvgIpc) is 2.28. The smallest absolute Gasteiger partial charge is 0.325 e. The Labute approximate surface area is 102 Å². The molecular weight excluding hydrogens is 222 g/mol. The Kier molecular flexibility index (Phi) is 9.05. The van der Waals surface area contributed by atoms with Gasteiger partial charge in [-0.2, -0.15) is 0 Å². The first kappa shape index (κ1) is 15.6. The normalized spacial score (nSPS) is 9.76. The molecule has 0 fully saturated rings. The first-order valence-corrected chi connectivity index (χ1v) is 5.71. The van der Waals surface area contributed by atoms with Crippen LogP contribution < -0.4 is 0 Å². The summed E-state index contributed by atoms with van der Waals surface area (Å²) in [6, 6.07) is 0. The van der Waals surface area contributed by atoms with Crippen LogP contribution in [-0.4, -0.2) is 49.7 Å². The topological polar surface area (TPSA) is 55.8 Å². The number of esters is 1. The minimum absolute atomic E-state index is 0.0465. The van der Waals surface area contributed by atoms with E-state index < -0.39 is 5.97 Å². The van der Waals surface area contributed by atoms with Crippen molar-refractivity contribution < 1.29 is 19.1 Å². The van der Waals surface area contributed by atoms with Crippen LogP contribution in [0.5, 0.6) is 0 Å². The van der Waals surface area contributed by atoms with Gasteiger partial charge in [-0.1, -0.05) is 13.0 Å². The number of carbonyl (C=O) groups is 2. The Balaban J connectivity index is 3.75. The van der Waals surface area contributed by atoms with Crippen LogP contribution in [0.4, 0.5) is 0 Å². The zero-order valence-electron chi connectivity index (χ0n) is 10.6. The number of hydrogen-bond donors (Lipinski definition) is 0. The molecule has 5 nitrogen and oxygen atoms in total. The maximum absolute atomic E-state index is 11.4. The van der Waals surface area contributed by atoms with Gasteiger partial charge in [-0.15, -0.1) is 6.58 Å². The second-order valence-corrected chi connectivity index (χ2v) is 3.52. The van der Waals surface area contributed by atoms with Crippen LogP contribution >= 0.6 is 0 Å². The molecular formula is C12H21NO4. The number of rotatable bonds is 9. The predicted octanol–water partition coefficient (Wildman–Crippen LogP) is 0.991. The highest BCUT2D eigenvalue weighted by Gasteiger charge is 2.12. The minimum Gasteiger partial charge on any atom is -0.462 e. The fourth-order valence-corrected chi connectivity index (χ4v) is 1.12. The first-order valence-electron chi connectivity index (χ1n) is 5.71. The Morgan fingerprint density at radius 2 is 2.00 bits per heavy atom. The van der Waals surface area contributed by atoms with Gasteiger partial charge in [0.05, 0.1) is 6.61 Å². The van der Waals surface area contributed by atoms with Crippen LogP contribution in [0.2, 0.25) is 0 Å². The third-order valence-electron chi connectivity index (χ3n) is 1.95. The molecule has 0 heterocycles. The van der Waals surface area contributed by atoms with E-state index >= 15 is 0 Å². The summed E-state index contributed by atoms with van der Waals surface area (Å²) in [6.45, 7) is 8.50.